The molecule has 0 spiro atoms. The topological polar surface area (TPSA) is 72.3 Å². The highest BCUT2D eigenvalue weighted by Crippen LogP contribution is 2.34. The Labute approximate surface area is 112 Å². The summed E-state index contributed by atoms with van der Waals surface area (Å²) in [7, 11) is 0. The number of hydrogen-bond acceptors (Lipinski definition) is 3. The summed E-state index contributed by atoms with van der Waals surface area (Å²) in [6.07, 6.45) is 0.939. The first-order valence-corrected chi connectivity index (χ1v) is 6.44. The lowest BCUT2D eigenvalue weighted by molar-refractivity contribution is -0.123. The summed E-state index contributed by atoms with van der Waals surface area (Å²) >= 11 is 0. The van der Waals surface area contributed by atoms with E-state index >= 15 is 0 Å². The molecule has 4 N–H and O–H groups in total. The molecule has 0 radical (unpaired) electrons. The molecule has 1 aromatic rings. The first-order valence-electron chi connectivity index (χ1n) is 6.44. The van der Waals surface area contributed by atoms with Crippen LogP contribution in [0, 0.1) is 11.2 Å². The molecule has 5 heteroatoms. The molecule has 19 heavy (non-hydrogen) atoms. The van der Waals surface area contributed by atoms with Crippen molar-refractivity contribution in [1.82, 2.24) is 4.90 Å². The zero-order valence-corrected chi connectivity index (χ0v) is 11.1. The van der Waals surface area contributed by atoms with E-state index in [9.17, 15) is 9.18 Å². The zero-order chi connectivity index (χ0) is 14.0. The predicted octanol–water partition coefficient (Wildman–Crippen LogP) is 1.02. The number of nitrogens with zero attached hydrogens (tertiary/aromatic N) is 1. The third-order valence-electron chi connectivity index (χ3n) is 3.90. The lowest BCUT2D eigenvalue weighted by Crippen LogP contribution is -2.39. The molecular weight excluding hydrogens is 245 g/mol. The summed E-state index contributed by atoms with van der Waals surface area (Å²) in [4.78, 5) is 13.8. The van der Waals surface area contributed by atoms with E-state index < -0.39 is 11.9 Å². The Morgan fingerprint density at radius 3 is 2.58 bits per heavy atom. The van der Waals surface area contributed by atoms with Crippen molar-refractivity contribution in [2.75, 3.05) is 19.6 Å². The summed E-state index contributed by atoms with van der Waals surface area (Å²) in [5, 5.41) is 0. The summed E-state index contributed by atoms with van der Waals surface area (Å²) < 4.78 is 13.0. The van der Waals surface area contributed by atoms with Gasteiger partial charge in [-0.3, -0.25) is 9.69 Å². The smallest absolute Gasteiger partial charge is 0.239 e. The van der Waals surface area contributed by atoms with Gasteiger partial charge in [0.2, 0.25) is 5.91 Å². The highest BCUT2D eigenvalue weighted by atomic mass is 19.1. The molecule has 1 aliphatic heterocycles. The second-order valence-electron chi connectivity index (χ2n) is 5.59. The van der Waals surface area contributed by atoms with E-state index in [4.69, 9.17) is 11.5 Å². The van der Waals surface area contributed by atoms with Crippen molar-refractivity contribution >= 4 is 5.91 Å². The highest BCUT2D eigenvalue weighted by Gasteiger charge is 2.38. The van der Waals surface area contributed by atoms with Gasteiger partial charge in [0.25, 0.3) is 0 Å². The predicted molar refractivity (Wildman–Crippen MR) is 71.7 cm³/mol. The highest BCUT2D eigenvalue weighted by molar-refractivity contribution is 5.81. The van der Waals surface area contributed by atoms with Gasteiger partial charge in [-0.25, -0.2) is 4.39 Å². The monoisotopic (exact) mass is 265 g/mol. The van der Waals surface area contributed by atoms with Crippen molar-refractivity contribution in [3.05, 3.63) is 35.6 Å². The molecule has 2 atom stereocenters. The number of rotatable bonds is 4. The van der Waals surface area contributed by atoms with Gasteiger partial charge in [0.05, 0.1) is 0 Å². The Kier molecular flexibility index (Phi) is 3.87. The van der Waals surface area contributed by atoms with Crippen LogP contribution in [0.25, 0.3) is 0 Å². The van der Waals surface area contributed by atoms with E-state index in [1.807, 2.05) is 4.90 Å². The van der Waals surface area contributed by atoms with Gasteiger partial charge in [-0.2, -0.15) is 0 Å². The van der Waals surface area contributed by atoms with Crippen LogP contribution in [0.1, 0.15) is 24.9 Å². The zero-order valence-electron chi connectivity index (χ0n) is 11.1. The van der Waals surface area contributed by atoms with Gasteiger partial charge in [-0.1, -0.05) is 19.1 Å². The molecule has 1 aromatic carbocycles. The Morgan fingerprint density at radius 2 is 2.11 bits per heavy atom. The van der Waals surface area contributed by atoms with Crippen LogP contribution in [0.5, 0.6) is 0 Å². The number of nitrogens with two attached hydrogens (primary N) is 2. The van der Waals surface area contributed by atoms with Crippen molar-refractivity contribution in [2.45, 2.75) is 19.4 Å². The second kappa shape index (κ2) is 5.27. The number of halogens is 1. The van der Waals surface area contributed by atoms with Crippen LogP contribution >= 0.6 is 0 Å². The van der Waals surface area contributed by atoms with Gasteiger partial charge in [-0.05, 0) is 42.6 Å². The Bertz CT molecular complexity index is 462. The fourth-order valence-electron chi connectivity index (χ4n) is 2.65. The van der Waals surface area contributed by atoms with Crippen LogP contribution in [0.2, 0.25) is 0 Å². The van der Waals surface area contributed by atoms with E-state index in [0.29, 0.717) is 6.54 Å². The van der Waals surface area contributed by atoms with Crippen molar-refractivity contribution < 1.29 is 9.18 Å². The lowest BCUT2D eigenvalue weighted by Gasteiger charge is -2.28. The molecule has 2 rings (SSSR count). The molecular formula is C14H20FN3O. The molecule has 1 saturated heterocycles. The third-order valence-corrected chi connectivity index (χ3v) is 3.90. The number of carbonyl (C=O) groups is 1. The Morgan fingerprint density at radius 1 is 1.47 bits per heavy atom. The number of primary amides is 1. The van der Waals surface area contributed by atoms with Gasteiger partial charge in [-0.15, -0.1) is 0 Å². The van der Waals surface area contributed by atoms with Crippen molar-refractivity contribution in [2.24, 2.45) is 16.9 Å². The minimum atomic E-state index is -0.506. The van der Waals surface area contributed by atoms with Crippen molar-refractivity contribution in [3.63, 3.8) is 0 Å². The molecule has 4 nitrogen and oxygen atoms in total. The van der Waals surface area contributed by atoms with Gasteiger partial charge in [0.1, 0.15) is 11.9 Å². The van der Waals surface area contributed by atoms with Crippen molar-refractivity contribution in [3.8, 4) is 0 Å². The summed E-state index contributed by atoms with van der Waals surface area (Å²) in [5.74, 6) is -0.729. The molecule has 2 unspecified atom stereocenters. The lowest BCUT2D eigenvalue weighted by atomic mass is 9.90. The minimum Gasteiger partial charge on any atom is -0.368 e. The molecule has 104 valence electrons. The molecule has 0 saturated carbocycles. The third kappa shape index (κ3) is 2.93. The fraction of sp³-hybridized carbons (Fsp3) is 0.500. The number of amides is 1. The van der Waals surface area contributed by atoms with Crippen LogP contribution in [-0.4, -0.2) is 30.4 Å². The number of benzene rings is 1. The van der Waals surface area contributed by atoms with Crippen LogP contribution < -0.4 is 11.5 Å². The number of likely N-dealkylation sites (tertiary alicyclic amines) is 1. The largest absolute Gasteiger partial charge is 0.368 e. The maximum atomic E-state index is 13.0. The molecule has 0 bridgehead atoms. The second-order valence-corrected chi connectivity index (χ2v) is 5.59. The van der Waals surface area contributed by atoms with E-state index in [2.05, 4.69) is 6.92 Å². The SMILES string of the molecule is CC1(CN)CCN(C(C(N)=O)c2ccc(F)cc2)C1. The number of carbonyl (C=O) groups excluding carboxylic acids is 1. The van der Waals surface area contributed by atoms with Gasteiger partial charge in [0.15, 0.2) is 0 Å². The molecule has 1 aliphatic rings. The summed E-state index contributed by atoms with van der Waals surface area (Å²) in [6.45, 7) is 4.20. The summed E-state index contributed by atoms with van der Waals surface area (Å²) in [6, 6.07) is 5.42. The van der Waals surface area contributed by atoms with E-state index in [1.165, 1.54) is 12.1 Å². The molecule has 1 amide bonds. The summed E-state index contributed by atoms with van der Waals surface area (Å²) in [5.41, 5.74) is 12.0. The number of hydrogen-bond donors (Lipinski definition) is 2. The molecule has 1 fully saturated rings. The maximum Gasteiger partial charge on any atom is 0.239 e. The van der Waals surface area contributed by atoms with Crippen LogP contribution in [0.15, 0.2) is 24.3 Å². The molecule has 0 aliphatic carbocycles. The van der Waals surface area contributed by atoms with E-state index in [1.54, 1.807) is 12.1 Å². The van der Waals surface area contributed by atoms with Crippen LogP contribution in [-0.2, 0) is 4.79 Å². The van der Waals surface area contributed by atoms with Gasteiger partial charge in [0, 0.05) is 6.54 Å². The fourth-order valence-corrected chi connectivity index (χ4v) is 2.65. The Balaban J connectivity index is 2.22. The van der Waals surface area contributed by atoms with E-state index in [-0.39, 0.29) is 11.2 Å². The molecule has 0 aromatic heterocycles. The van der Waals surface area contributed by atoms with Crippen LogP contribution in [0.4, 0.5) is 4.39 Å². The van der Waals surface area contributed by atoms with Crippen LogP contribution in [0.3, 0.4) is 0 Å². The minimum absolute atomic E-state index is 0.0216. The average Bonchev–Trinajstić information content (AvgIpc) is 2.75. The van der Waals surface area contributed by atoms with Gasteiger partial charge >= 0.3 is 0 Å². The first-order chi connectivity index (χ1) is 8.95. The van der Waals surface area contributed by atoms with Crippen molar-refractivity contribution in [1.29, 1.82) is 0 Å². The standard InChI is InChI=1S/C14H20FN3O/c1-14(8-16)6-7-18(9-14)12(13(17)19)10-2-4-11(15)5-3-10/h2-5,12H,6-9,16H2,1H3,(H2,17,19). The normalized spacial score (nSPS) is 25.4. The van der Waals surface area contributed by atoms with E-state index in [0.717, 1.165) is 25.1 Å². The average molecular weight is 265 g/mol. The maximum absolute atomic E-state index is 13.0. The first kappa shape index (κ1) is 14.0. The van der Waals surface area contributed by atoms with Gasteiger partial charge < -0.3 is 11.5 Å². The molecule has 1 heterocycles. The Hall–Kier alpha value is -1.46. The quantitative estimate of drug-likeness (QED) is 0.854.